The highest BCUT2D eigenvalue weighted by Gasteiger charge is 2.33. The number of alkyl halides is 3. The Morgan fingerprint density at radius 2 is 1.80 bits per heavy atom. The molecule has 1 N–H and O–H groups in total. The molecule has 0 heterocycles. The molecule has 1 aliphatic rings. The van der Waals surface area contributed by atoms with Gasteiger partial charge in [0.05, 0.1) is 5.56 Å². The molecule has 1 aliphatic carbocycles. The first kappa shape index (κ1) is 15.3. The minimum Gasteiger partial charge on any atom is -0.310 e. The molecule has 2 rings (SSSR count). The molecule has 0 bridgehead atoms. The Bertz CT molecular complexity index is 448. The van der Waals surface area contributed by atoms with Crippen molar-refractivity contribution >= 4 is 0 Å². The molecule has 112 valence electrons. The molecule has 0 amide bonds. The van der Waals surface area contributed by atoms with E-state index in [1.165, 1.54) is 6.07 Å². The lowest BCUT2D eigenvalue weighted by Crippen LogP contribution is -2.32. The smallest absolute Gasteiger partial charge is 0.310 e. The summed E-state index contributed by atoms with van der Waals surface area (Å²) in [7, 11) is 0. The van der Waals surface area contributed by atoms with Crippen LogP contribution in [-0.4, -0.2) is 6.04 Å². The van der Waals surface area contributed by atoms with Crippen LogP contribution in [-0.2, 0) is 12.7 Å². The molecule has 0 aromatic heterocycles. The van der Waals surface area contributed by atoms with E-state index < -0.39 is 17.6 Å². The van der Waals surface area contributed by atoms with Crippen LogP contribution in [0.3, 0.4) is 0 Å². The first-order chi connectivity index (χ1) is 9.36. The molecule has 1 aromatic rings. The quantitative estimate of drug-likeness (QED) is 0.807. The molecule has 0 saturated heterocycles. The number of nitrogens with one attached hydrogen (secondary N) is 1. The third kappa shape index (κ3) is 3.95. The molecule has 0 spiro atoms. The van der Waals surface area contributed by atoms with Gasteiger partial charge in [-0.1, -0.05) is 13.0 Å². The standard InChI is InChI=1S/C15H19F4N/c1-10-2-6-13(7-3-10)20-9-11-4-5-12(16)8-14(11)15(17,18)19/h4-5,8,10,13,20H,2-3,6-7,9H2,1H3. The van der Waals surface area contributed by atoms with E-state index in [0.29, 0.717) is 12.0 Å². The van der Waals surface area contributed by atoms with Crippen molar-refractivity contribution in [2.75, 3.05) is 0 Å². The lowest BCUT2D eigenvalue weighted by Gasteiger charge is -2.27. The van der Waals surface area contributed by atoms with E-state index in [1.807, 2.05) is 0 Å². The summed E-state index contributed by atoms with van der Waals surface area (Å²) in [5, 5.41) is 3.17. The second-order valence-electron chi connectivity index (χ2n) is 5.64. The summed E-state index contributed by atoms with van der Waals surface area (Å²) < 4.78 is 51.5. The summed E-state index contributed by atoms with van der Waals surface area (Å²) in [6.45, 7) is 2.33. The Labute approximate surface area is 116 Å². The number of hydrogen-bond acceptors (Lipinski definition) is 1. The monoisotopic (exact) mass is 289 g/mol. The second kappa shape index (κ2) is 6.12. The minimum atomic E-state index is -4.51. The second-order valence-corrected chi connectivity index (χ2v) is 5.64. The zero-order chi connectivity index (χ0) is 14.8. The van der Waals surface area contributed by atoms with Crippen LogP contribution in [0.5, 0.6) is 0 Å². The summed E-state index contributed by atoms with van der Waals surface area (Å²) in [6.07, 6.45) is -0.325. The van der Waals surface area contributed by atoms with Gasteiger partial charge in [0.15, 0.2) is 0 Å². The summed E-state index contributed by atoms with van der Waals surface area (Å²) in [4.78, 5) is 0. The predicted molar refractivity (Wildman–Crippen MR) is 69.7 cm³/mol. The van der Waals surface area contributed by atoms with E-state index in [0.717, 1.165) is 31.7 Å². The summed E-state index contributed by atoms with van der Waals surface area (Å²) in [5.41, 5.74) is -0.772. The first-order valence-corrected chi connectivity index (χ1v) is 6.95. The summed E-state index contributed by atoms with van der Waals surface area (Å²) in [5.74, 6) is -0.155. The highest BCUT2D eigenvalue weighted by Crippen LogP contribution is 2.33. The molecule has 1 aromatic carbocycles. The third-order valence-electron chi connectivity index (χ3n) is 3.97. The van der Waals surface area contributed by atoms with Gasteiger partial charge in [0.1, 0.15) is 5.82 Å². The summed E-state index contributed by atoms with van der Waals surface area (Å²) >= 11 is 0. The lowest BCUT2D eigenvalue weighted by atomic mass is 9.87. The molecule has 5 heteroatoms. The molecular formula is C15H19F4N. The predicted octanol–water partition coefficient (Wildman–Crippen LogP) is 4.51. The first-order valence-electron chi connectivity index (χ1n) is 6.95. The minimum absolute atomic E-state index is 0.109. The molecule has 0 atom stereocenters. The molecule has 0 unspecified atom stereocenters. The fourth-order valence-electron chi connectivity index (χ4n) is 2.69. The van der Waals surface area contributed by atoms with Crippen LogP contribution < -0.4 is 5.32 Å². The van der Waals surface area contributed by atoms with E-state index in [9.17, 15) is 17.6 Å². The highest BCUT2D eigenvalue weighted by atomic mass is 19.4. The van der Waals surface area contributed by atoms with Crippen molar-refractivity contribution < 1.29 is 17.6 Å². The van der Waals surface area contributed by atoms with Gasteiger partial charge in [0, 0.05) is 12.6 Å². The van der Waals surface area contributed by atoms with Crippen molar-refractivity contribution in [3.05, 3.63) is 35.1 Å². The normalized spacial score (nSPS) is 23.9. The Balaban J connectivity index is 2.02. The van der Waals surface area contributed by atoms with Crippen molar-refractivity contribution in [3.8, 4) is 0 Å². The fraction of sp³-hybridized carbons (Fsp3) is 0.600. The van der Waals surface area contributed by atoms with Crippen LogP contribution in [0.15, 0.2) is 18.2 Å². The molecule has 1 saturated carbocycles. The fourth-order valence-corrected chi connectivity index (χ4v) is 2.69. The van der Waals surface area contributed by atoms with Crippen LogP contribution >= 0.6 is 0 Å². The van der Waals surface area contributed by atoms with Gasteiger partial charge in [-0.25, -0.2) is 4.39 Å². The average molecular weight is 289 g/mol. The van der Waals surface area contributed by atoms with E-state index in [1.54, 1.807) is 0 Å². The van der Waals surface area contributed by atoms with Gasteiger partial charge in [-0.05, 0) is 49.3 Å². The van der Waals surface area contributed by atoms with Crippen molar-refractivity contribution in [1.82, 2.24) is 5.32 Å². The van der Waals surface area contributed by atoms with Crippen molar-refractivity contribution in [2.24, 2.45) is 5.92 Å². The highest BCUT2D eigenvalue weighted by molar-refractivity contribution is 5.30. The van der Waals surface area contributed by atoms with Gasteiger partial charge >= 0.3 is 6.18 Å². The maximum atomic E-state index is 13.0. The van der Waals surface area contributed by atoms with Gasteiger partial charge in [-0.3, -0.25) is 0 Å². The van der Waals surface area contributed by atoms with E-state index in [4.69, 9.17) is 0 Å². The van der Waals surface area contributed by atoms with Gasteiger partial charge in [0.25, 0.3) is 0 Å². The average Bonchev–Trinajstić information content (AvgIpc) is 2.38. The van der Waals surface area contributed by atoms with E-state index in [2.05, 4.69) is 12.2 Å². The van der Waals surface area contributed by atoms with Crippen molar-refractivity contribution in [1.29, 1.82) is 0 Å². The number of halogens is 4. The zero-order valence-corrected chi connectivity index (χ0v) is 11.4. The van der Waals surface area contributed by atoms with Crippen molar-refractivity contribution in [2.45, 2.75) is 51.4 Å². The van der Waals surface area contributed by atoms with Crippen molar-refractivity contribution in [3.63, 3.8) is 0 Å². The van der Waals surface area contributed by atoms with Crippen LogP contribution in [0.4, 0.5) is 17.6 Å². The third-order valence-corrected chi connectivity index (χ3v) is 3.97. The molecule has 1 fully saturated rings. The molecule has 1 nitrogen and oxygen atoms in total. The molecule has 20 heavy (non-hydrogen) atoms. The largest absolute Gasteiger partial charge is 0.416 e. The molecule has 0 radical (unpaired) electrons. The SMILES string of the molecule is CC1CCC(NCc2ccc(F)cc2C(F)(F)F)CC1. The maximum absolute atomic E-state index is 13.0. The topological polar surface area (TPSA) is 12.0 Å². The Morgan fingerprint density at radius 3 is 2.40 bits per heavy atom. The van der Waals surface area contributed by atoms with E-state index in [-0.39, 0.29) is 18.2 Å². The van der Waals surface area contributed by atoms with Crippen LogP contribution in [0, 0.1) is 11.7 Å². The number of benzene rings is 1. The van der Waals surface area contributed by atoms with E-state index >= 15 is 0 Å². The molecule has 0 aliphatic heterocycles. The molecular weight excluding hydrogens is 270 g/mol. The van der Waals surface area contributed by atoms with Gasteiger partial charge in [0.2, 0.25) is 0 Å². The van der Waals surface area contributed by atoms with Gasteiger partial charge in [-0.15, -0.1) is 0 Å². The lowest BCUT2D eigenvalue weighted by molar-refractivity contribution is -0.138. The van der Waals surface area contributed by atoms with Crippen LogP contribution in [0.25, 0.3) is 0 Å². The van der Waals surface area contributed by atoms with Gasteiger partial charge in [-0.2, -0.15) is 13.2 Å². The number of rotatable bonds is 3. The van der Waals surface area contributed by atoms with Crippen LogP contribution in [0.2, 0.25) is 0 Å². The Kier molecular flexibility index (Phi) is 4.68. The summed E-state index contributed by atoms with van der Waals surface area (Å²) in [6, 6.07) is 3.13. The maximum Gasteiger partial charge on any atom is 0.416 e. The van der Waals surface area contributed by atoms with Crippen LogP contribution in [0.1, 0.15) is 43.7 Å². The van der Waals surface area contributed by atoms with Gasteiger partial charge < -0.3 is 5.32 Å². The number of hydrogen-bond donors (Lipinski definition) is 1. The Hall–Kier alpha value is -1.10. The Morgan fingerprint density at radius 1 is 1.15 bits per heavy atom. The zero-order valence-electron chi connectivity index (χ0n) is 11.4.